The van der Waals surface area contributed by atoms with Crippen LogP contribution in [0.25, 0.3) is 6.08 Å². The number of piperidine rings is 1. The molecule has 1 aromatic rings. The van der Waals surface area contributed by atoms with Crippen molar-refractivity contribution in [2.45, 2.75) is 46.0 Å². The molecule has 5 heteroatoms. The van der Waals surface area contributed by atoms with E-state index in [4.69, 9.17) is 11.6 Å². The molecule has 1 aromatic carbocycles. The fourth-order valence-electron chi connectivity index (χ4n) is 3.08. The van der Waals surface area contributed by atoms with E-state index >= 15 is 0 Å². The van der Waals surface area contributed by atoms with E-state index in [0.717, 1.165) is 49.8 Å². The van der Waals surface area contributed by atoms with Gasteiger partial charge in [0, 0.05) is 36.7 Å². The van der Waals surface area contributed by atoms with Gasteiger partial charge in [-0.1, -0.05) is 43.5 Å². The van der Waals surface area contributed by atoms with Crippen LogP contribution < -0.4 is 5.32 Å². The summed E-state index contributed by atoms with van der Waals surface area (Å²) < 4.78 is 0. The second kappa shape index (κ2) is 10.4. The number of unbranched alkanes of at least 4 members (excludes halogenated alkanes) is 2. The molecule has 0 radical (unpaired) electrons. The van der Waals surface area contributed by atoms with Crippen LogP contribution >= 0.6 is 11.6 Å². The lowest BCUT2D eigenvalue weighted by atomic mass is 9.95. The molecule has 142 valence electrons. The molecular weight excluding hydrogens is 348 g/mol. The van der Waals surface area contributed by atoms with Crippen LogP contribution in [0.5, 0.6) is 0 Å². The minimum Gasteiger partial charge on any atom is -0.356 e. The minimum absolute atomic E-state index is 0.0106. The Labute approximate surface area is 161 Å². The third kappa shape index (κ3) is 6.17. The predicted octanol–water partition coefficient (Wildman–Crippen LogP) is 4.21. The molecule has 0 aromatic heterocycles. The maximum atomic E-state index is 12.3. The highest BCUT2D eigenvalue weighted by Crippen LogP contribution is 2.19. The third-order valence-corrected chi connectivity index (χ3v) is 5.28. The summed E-state index contributed by atoms with van der Waals surface area (Å²) in [6, 6.07) is 5.74. The Bertz CT molecular complexity index is 649. The van der Waals surface area contributed by atoms with Gasteiger partial charge in [0.25, 0.3) is 0 Å². The number of amides is 2. The van der Waals surface area contributed by atoms with E-state index in [2.05, 4.69) is 12.2 Å². The molecule has 1 heterocycles. The topological polar surface area (TPSA) is 49.4 Å². The second-order valence-corrected chi connectivity index (χ2v) is 7.35. The van der Waals surface area contributed by atoms with Crippen LogP contribution in [0.4, 0.5) is 0 Å². The molecule has 1 fully saturated rings. The van der Waals surface area contributed by atoms with E-state index in [-0.39, 0.29) is 17.7 Å². The number of carbonyl (C=O) groups excluding carboxylic acids is 2. The number of hydrogen-bond acceptors (Lipinski definition) is 2. The van der Waals surface area contributed by atoms with Gasteiger partial charge in [0.15, 0.2) is 0 Å². The van der Waals surface area contributed by atoms with Crippen LogP contribution in [-0.2, 0) is 9.59 Å². The van der Waals surface area contributed by atoms with Crippen molar-refractivity contribution in [1.82, 2.24) is 10.2 Å². The number of nitrogens with one attached hydrogen (secondary N) is 1. The summed E-state index contributed by atoms with van der Waals surface area (Å²) in [6.07, 6.45) is 8.18. The third-order valence-electron chi connectivity index (χ3n) is 4.87. The van der Waals surface area contributed by atoms with Gasteiger partial charge in [-0.05, 0) is 49.5 Å². The van der Waals surface area contributed by atoms with Crippen molar-refractivity contribution in [3.63, 3.8) is 0 Å². The SMILES string of the molecule is CCCCCNC(=O)C1CCN(C(=O)C=Cc2ccc(C)c(Cl)c2)CC1. The quantitative estimate of drug-likeness (QED) is 0.572. The average Bonchev–Trinajstić information content (AvgIpc) is 2.66. The molecular formula is C21H29ClN2O2. The monoisotopic (exact) mass is 376 g/mol. The zero-order valence-electron chi connectivity index (χ0n) is 15.8. The Morgan fingerprint density at radius 3 is 2.65 bits per heavy atom. The smallest absolute Gasteiger partial charge is 0.246 e. The van der Waals surface area contributed by atoms with Crippen molar-refractivity contribution in [1.29, 1.82) is 0 Å². The van der Waals surface area contributed by atoms with Gasteiger partial charge in [0.2, 0.25) is 11.8 Å². The number of halogens is 1. The van der Waals surface area contributed by atoms with E-state index in [1.807, 2.05) is 30.0 Å². The molecule has 1 aliphatic heterocycles. The zero-order valence-corrected chi connectivity index (χ0v) is 16.5. The number of benzene rings is 1. The minimum atomic E-state index is -0.0106. The number of nitrogens with zero attached hydrogens (tertiary/aromatic N) is 1. The standard InChI is InChI=1S/C21H29ClN2O2/c1-3-4-5-12-23-21(26)18-10-13-24(14-11-18)20(25)9-8-17-7-6-16(2)19(22)15-17/h6-9,15,18H,3-5,10-14H2,1-2H3,(H,23,26). The lowest BCUT2D eigenvalue weighted by molar-refractivity contribution is -0.132. The first-order chi connectivity index (χ1) is 12.5. The van der Waals surface area contributed by atoms with E-state index in [9.17, 15) is 9.59 Å². The van der Waals surface area contributed by atoms with Crippen LogP contribution in [0.2, 0.25) is 5.02 Å². The van der Waals surface area contributed by atoms with Crippen molar-refractivity contribution in [2.75, 3.05) is 19.6 Å². The van der Waals surface area contributed by atoms with Crippen molar-refractivity contribution in [2.24, 2.45) is 5.92 Å². The van der Waals surface area contributed by atoms with Gasteiger partial charge < -0.3 is 10.2 Å². The summed E-state index contributed by atoms with van der Waals surface area (Å²) in [5.41, 5.74) is 1.93. The summed E-state index contributed by atoms with van der Waals surface area (Å²) in [4.78, 5) is 26.3. The summed E-state index contributed by atoms with van der Waals surface area (Å²) in [5, 5.41) is 3.72. The van der Waals surface area contributed by atoms with E-state index in [1.165, 1.54) is 0 Å². The van der Waals surface area contributed by atoms with Crippen LogP contribution in [0.15, 0.2) is 24.3 Å². The fraction of sp³-hybridized carbons (Fsp3) is 0.524. The van der Waals surface area contributed by atoms with E-state index in [0.29, 0.717) is 18.1 Å². The van der Waals surface area contributed by atoms with Gasteiger partial charge >= 0.3 is 0 Å². The van der Waals surface area contributed by atoms with Gasteiger partial charge in [-0.3, -0.25) is 9.59 Å². The molecule has 2 amide bonds. The molecule has 1 saturated heterocycles. The first-order valence-corrected chi connectivity index (χ1v) is 9.90. The molecule has 4 nitrogen and oxygen atoms in total. The Balaban J connectivity index is 1.77. The second-order valence-electron chi connectivity index (χ2n) is 6.94. The molecule has 2 rings (SSSR count). The molecule has 1 N–H and O–H groups in total. The van der Waals surface area contributed by atoms with Gasteiger partial charge in [-0.2, -0.15) is 0 Å². The maximum absolute atomic E-state index is 12.3. The largest absolute Gasteiger partial charge is 0.356 e. The van der Waals surface area contributed by atoms with Crippen LogP contribution in [0.3, 0.4) is 0 Å². The fourth-order valence-corrected chi connectivity index (χ4v) is 3.27. The van der Waals surface area contributed by atoms with Gasteiger partial charge in [0.05, 0.1) is 0 Å². The van der Waals surface area contributed by atoms with Crippen molar-refractivity contribution >= 4 is 29.5 Å². The average molecular weight is 377 g/mol. The van der Waals surface area contributed by atoms with Crippen molar-refractivity contribution < 1.29 is 9.59 Å². The highest BCUT2D eigenvalue weighted by atomic mass is 35.5. The summed E-state index contributed by atoms with van der Waals surface area (Å²) in [5.74, 6) is 0.155. The number of carbonyl (C=O) groups is 2. The predicted molar refractivity (Wildman–Crippen MR) is 107 cm³/mol. The lowest BCUT2D eigenvalue weighted by Gasteiger charge is -2.30. The normalized spacial score (nSPS) is 15.4. The summed E-state index contributed by atoms with van der Waals surface area (Å²) in [6.45, 7) is 6.12. The highest BCUT2D eigenvalue weighted by molar-refractivity contribution is 6.31. The van der Waals surface area contributed by atoms with Gasteiger partial charge in [-0.25, -0.2) is 0 Å². The van der Waals surface area contributed by atoms with Crippen molar-refractivity contribution in [3.05, 3.63) is 40.4 Å². The van der Waals surface area contributed by atoms with Gasteiger partial charge in [0.1, 0.15) is 0 Å². The zero-order chi connectivity index (χ0) is 18.9. The van der Waals surface area contributed by atoms with E-state index in [1.54, 1.807) is 12.2 Å². The first-order valence-electron chi connectivity index (χ1n) is 9.52. The van der Waals surface area contributed by atoms with Crippen LogP contribution in [0, 0.1) is 12.8 Å². The Morgan fingerprint density at radius 2 is 2.00 bits per heavy atom. The Morgan fingerprint density at radius 1 is 1.27 bits per heavy atom. The Hall–Kier alpha value is -1.81. The number of rotatable bonds is 7. The Kier molecular flexibility index (Phi) is 8.17. The van der Waals surface area contributed by atoms with Crippen LogP contribution in [0.1, 0.15) is 50.2 Å². The van der Waals surface area contributed by atoms with E-state index < -0.39 is 0 Å². The summed E-state index contributed by atoms with van der Waals surface area (Å²) in [7, 11) is 0. The molecule has 0 aliphatic carbocycles. The first kappa shape index (κ1) is 20.5. The molecule has 0 saturated carbocycles. The molecule has 0 unspecified atom stereocenters. The van der Waals surface area contributed by atoms with Crippen molar-refractivity contribution in [3.8, 4) is 0 Å². The molecule has 0 atom stereocenters. The van der Waals surface area contributed by atoms with Crippen LogP contribution in [-0.4, -0.2) is 36.3 Å². The number of hydrogen-bond donors (Lipinski definition) is 1. The maximum Gasteiger partial charge on any atom is 0.246 e. The molecule has 0 bridgehead atoms. The molecule has 26 heavy (non-hydrogen) atoms. The number of likely N-dealkylation sites (tertiary alicyclic amines) is 1. The van der Waals surface area contributed by atoms with Gasteiger partial charge in [-0.15, -0.1) is 0 Å². The number of aryl methyl sites for hydroxylation is 1. The molecule has 1 aliphatic rings. The molecule has 0 spiro atoms. The lowest BCUT2D eigenvalue weighted by Crippen LogP contribution is -2.42. The summed E-state index contributed by atoms with van der Waals surface area (Å²) >= 11 is 6.11. The highest BCUT2D eigenvalue weighted by Gasteiger charge is 2.26.